The quantitative estimate of drug-likeness (QED) is 0.239. The number of aliphatic hydroxyl groups is 1. The lowest BCUT2D eigenvalue weighted by atomic mass is 9.86. The third-order valence-corrected chi connectivity index (χ3v) is 11.4. The molecule has 0 aliphatic carbocycles. The average Bonchev–Trinajstić information content (AvgIpc) is 3.66. The highest BCUT2D eigenvalue weighted by Crippen LogP contribution is 2.38. The lowest BCUT2D eigenvalue weighted by Gasteiger charge is -2.35. The third-order valence-electron chi connectivity index (χ3n) is 9.21. The first-order chi connectivity index (χ1) is 22.5. The maximum atomic E-state index is 13.2. The van der Waals surface area contributed by atoms with Crippen LogP contribution < -0.4 is 15.4 Å². The Morgan fingerprint density at radius 1 is 1.06 bits per heavy atom. The summed E-state index contributed by atoms with van der Waals surface area (Å²) in [5, 5.41) is 20.2. The van der Waals surface area contributed by atoms with Crippen LogP contribution in [0.25, 0.3) is 5.65 Å². The van der Waals surface area contributed by atoms with E-state index >= 15 is 0 Å². The first-order valence-electron chi connectivity index (χ1n) is 15.9. The number of anilines is 4. The summed E-state index contributed by atoms with van der Waals surface area (Å²) in [7, 11) is -0.0535. The maximum Gasteiger partial charge on any atom is 0.240 e. The Hall–Kier alpha value is -4.27. The number of likely N-dealkylation sites (N-methyl/N-ethyl adjacent to an activating group) is 1. The van der Waals surface area contributed by atoms with Gasteiger partial charge in [-0.3, -0.25) is 9.69 Å². The van der Waals surface area contributed by atoms with Crippen LogP contribution in [0.1, 0.15) is 50.2 Å². The summed E-state index contributed by atoms with van der Waals surface area (Å²) in [6.45, 7) is 7.23. The second-order valence-electron chi connectivity index (χ2n) is 12.7. The van der Waals surface area contributed by atoms with Gasteiger partial charge in [0.25, 0.3) is 0 Å². The highest BCUT2D eigenvalue weighted by atomic mass is 32.2. The Bertz CT molecular complexity index is 1890. The number of β-amino-alcohol motifs (C(OH)–C–C–N with tert-alkyl or cyclic N) is 1. The van der Waals surface area contributed by atoms with Crippen LogP contribution in [-0.4, -0.2) is 100 Å². The van der Waals surface area contributed by atoms with Crippen LogP contribution in [0.5, 0.6) is 5.75 Å². The van der Waals surface area contributed by atoms with Crippen molar-refractivity contribution in [1.82, 2.24) is 29.4 Å². The van der Waals surface area contributed by atoms with Gasteiger partial charge in [-0.25, -0.2) is 8.42 Å². The molecule has 2 fully saturated rings. The zero-order valence-corrected chi connectivity index (χ0v) is 28.2. The topological polar surface area (TPSA) is 154 Å². The van der Waals surface area contributed by atoms with E-state index in [4.69, 9.17) is 4.74 Å². The van der Waals surface area contributed by atoms with E-state index in [1.54, 1.807) is 57.5 Å². The number of nitrogens with zero attached hydrogens (tertiary/aromatic N) is 6. The van der Waals surface area contributed by atoms with Gasteiger partial charge in [0.1, 0.15) is 5.75 Å². The molecule has 13 nitrogen and oxygen atoms in total. The molecule has 4 heterocycles. The number of carbonyl (C=O) groups is 1. The SMILES string of the molecule is COc1cc(C2CCN(C(=O)[C@@H]3C[C@@H](O)CN3C)CC2)c(C)cc1Nc1nc(Nc2ccccc2S(=O)(=O)C(C)C)n2nccc2n1. The zero-order chi connectivity index (χ0) is 33.5. The second-order valence-corrected chi connectivity index (χ2v) is 15.1. The number of amides is 1. The van der Waals surface area contributed by atoms with E-state index in [1.165, 1.54) is 10.1 Å². The number of nitrogens with one attached hydrogen (secondary N) is 2. The number of para-hydroxylation sites is 1. The van der Waals surface area contributed by atoms with Gasteiger partial charge in [-0.2, -0.15) is 19.6 Å². The highest BCUT2D eigenvalue weighted by molar-refractivity contribution is 7.92. The monoisotopic (exact) mass is 662 g/mol. The van der Waals surface area contributed by atoms with Gasteiger partial charge < -0.3 is 25.4 Å². The second kappa shape index (κ2) is 13.1. The van der Waals surface area contributed by atoms with Crippen molar-refractivity contribution in [2.75, 3.05) is 44.4 Å². The van der Waals surface area contributed by atoms with Crippen molar-refractivity contribution < 1.29 is 23.1 Å². The van der Waals surface area contributed by atoms with Crippen LogP contribution >= 0.6 is 0 Å². The van der Waals surface area contributed by atoms with Crippen molar-refractivity contribution in [3.8, 4) is 5.75 Å². The predicted molar refractivity (Wildman–Crippen MR) is 179 cm³/mol. The fraction of sp³-hybridized carbons (Fsp3) is 0.455. The van der Waals surface area contributed by atoms with Crippen LogP contribution in [0.15, 0.2) is 53.6 Å². The average molecular weight is 663 g/mol. The summed E-state index contributed by atoms with van der Waals surface area (Å²) in [5.74, 6) is 1.58. The van der Waals surface area contributed by atoms with E-state index in [2.05, 4.69) is 32.6 Å². The molecule has 1 amide bonds. The lowest BCUT2D eigenvalue weighted by Crippen LogP contribution is -2.47. The number of ether oxygens (including phenoxy) is 1. The van der Waals surface area contributed by atoms with E-state index in [0.717, 1.165) is 18.4 Å². The minimum atomic E-state index is -3.57. The number of likely N-dealkylation sites (tertiary alicyclic amines) is 2. The van der Waals surface area contributed by atoms with Gasteiger partial charge in [-0.1, -0.05) is 12.1 Å². The number of rotatable bonds is 9. The minimum absolute atomic E-state index is 0.102. The fourth-order valence-corrected chi connectivity index (χ4v) is 7.77. The van der Waals surface area contributed by atoms with Gasteiger partial charge in [0.15, 0.2) is 15.5 Å². The molecule has 6 rings (SSSR count). The minimum Gasteiger partial charge on any atom is -0.495 e. The van der Waals surface area contributed by atoms with Gasteiger partial charge in [0.05, 0.1) is 47.0 Å². The summed E-state index contributed by atoms with van der Waals surface area (Å²) < 4.78 is 33.5. The molecule has 2 atom stereocenters. The molecule has 14 heteroatoms. The van der Waals surface area contributed by atoms with Crippen LogP contribution in [0.3, 0.4) is 0 Å². The summed E-state index contributed by atoms with van der Waals surface area (Å²) in [5.41, 5.74) is 3.84. The Morgan fingerprint density at radius 3 is 2.49 bits per heavy atom. The molecule has 2 aromatic heterocycles. The standard InChI is InChI=1S/C33H42N8O5S/c1-20(2)47(44,45)29-9-7-6-8-25(29)36-33-38-32(37-30-10-13-34-41(30)33)35-26-16-21(3)24(18-28(26)46-5)22-11-14-40(15-12-22)31(43)27-17-23(42)19-39(27)4/h6-10,13,16,18,20,22-23,27,42H,11-12,14-15,17,19H2,1-5H3,(H2,35,36,37,38)/t23-,27+/m1/s1. The van der Waals surface area contributed by atoms with Crippen molar-refractivity contribution in [2.45, 2.75) is 68.2 Å². The normalized spacial score (nSPS) is 19.4. The van der Waals surface area contributed by atoms with E-state index in [1.807, 2.05) is 29.0 Å². The molecular weight excluding hydrogens is 620 g/mol. The molecule has 2 aromatic carbocycles. The molecule has 0 saturated carbocycles. The van der Waals surface area contributed by atoms with E-state index < -0.39 is 21.2 Å². The number of hydrogen-bond acceptors (Lipinski definition) is 11. The molecule has 0 bridgehead atoms. The molecule has 0 radical (unpaired) electrons. The first kappa shape index (κ1) is 32.7. The van der Waals surface area contributed by atoms with Gasteiger partial charge in [-0.15, -0.1) is 0 Å². The maximum absolute atomic E-state index is 13.2. The fourth-order valence-electron chi connectivity index (χ4n) is 6.57. The van der Waals surface area contributed by atoms with Crippen LogP contribution in [0, 0.1) is 6.92 Å². The smallest absolute Gasteiger partial charge is 0.240 e. The number of benzene rings is 2. The molecule has 3 N–H and O–H groups in total. The number of aliphatic hydroxyl groups excluding tert-OH is 1. The molecule has 4 aromatic rings. The molecule has 2 aliphatic rings. The zero-order valence-electron chi connectivity index (χ0n) is 27.3. The van der Waals surface area contributed by atoms with Crippen LogP contribution in [-0.2, 0) is 14.6 Å². The first-order valence-corrected chi connectivity index (χ1v) is 17.4. The van der Waals surface area contributed by atoms with Gasteiger partial charge in [0, 0.05) is 25.7 Å². The largest absolute Gasteiger partial charge is 0.495 e. The van der Waals surface area contributed by atoms with Crippen molar-refractivity contribution in [1.29, 1.82) is 0 Å². The summed E-state index contributed by atoms with van der Waals surface area (Å²) >= 11 is 0. The van der Waals surface area contributed by atoms with E-state index in [9.17, 15) is 18.3 Å². The number of methoxy groups -OCH3 is 1. The van der Waals surface area contributed by atoms with E-state index in [-0.39, 0.29) is 28.7 Å². The number of carbonyl (C=O) groups excluding carboxylic acids is 1. The number of aryl methyl sites for hydroxylation is 1. The van der Waals surface area contributed by atoms with Gasteiger partial charge in [0.2, 0.25) is 17.8 Å². The molecule has 47 heavy (non-hydrogen) atoms. The van der Waals surface area contributed by atoms with Crippen LogP contribution in [0.4, 0.5) is 23.3 Å². The number of fused-ring (bicyclic) bond motifs is 1. The number of sulfone groups is 1. The van der Waals surface area contributed by atoms with Crippen LogP contribution in [0.2, 0.25) is 0 Å². The highest BCUT2D eigenvalue weighted by Gasteiger charge is 2.37. The summed E-state index contributed by atoms with van der Waals surface area (Å²) in [6, 6.07) is 12.3. The summed E-state index contributed by atoms with van der Waals surface area (Å²) in [4.78, 5) is 26.5. The third kappa shape index (κ3) is 6.49. The van der Waals surface area contributed by atoms with Gasteiger partial charge in [-0.05, 0) is 88.4 Å². The molecule has 2 aliphatic heterocycles. The molecule has 250 valence electrons. The molecule has 0 unspecified atom stereocenters. The van der Waals surface area contributed by atoms with Gasteiger partial charge >= 0.3 is 0 Å². The Morgan fingerprint density at radius 2 is 1.81 bits per heavy atom. The number of aromatic nitrogens is 4. The molecule has 0 spiro atoms. The van der Waals surface area contributed by atoms with Crippen molar-refractivity contribution in [3.05, 3.63) is 59.8 Å². The van der Waals surface area contributed by atoms with Crippen molar-refractivity contribution >= 4 is 44.7 Å². The lowest BCUT2D eigenvalue weighted by molar-refractivity contribution is -0.136. The Kier molecular flexibility index (Phi) is 9.09. The predicted octanol–water partition coefficient (Wildman–Crippen LogP) is 3.88. The molecule has 2 saturated heterocycles. The number of piperidine rings is 1. The van der Waals surface area contributed by atoms with Crippen molar-refractivity contribution in [3.63, 3.8) is 0 Å². The molecular formula is C33H42N8O5S. The number of hydrogen-bond donors (Lipinski definition) is 3. The Balaban J connectivity index is 1.22. The van der Waals surface area contributed by atoms with Crippen molar-refractivity contribution in [2.24, 2.45) is 0 Å². The Labute approximate surface area is 274 Å². The van der Waals surface area contributed by atoms with E-state index in [0.29, 0.717) is 54.8 Å². The summed E-state index contributed by atoms with van der Waals surface area (Å²) in [6.07, 6.45) is 3.32.